The van der Waals surface area contributed by atoms with E-state index in [1.165, 1.54) is 0 Å². The van der Waals surface area contributed by atoms with E-state index >= 15 is 0 Å². The summed E-state index contributed by atoms with van der Waals surface area (Å²) in [7, 11) is 1.92. The molecule has 5 heteroatoms. The molecule has 1 fully saturated rings. The van der Waals surface area contributed by atoms with Gasteiger partial charge < -0.3 is 10.1 Å². The predicted octanol–water partition coefficient (Wildman–Crippen LogP) is 3.04. The second-order valence-corrected chi connectivity index (χ2v) is 6.51. The van der Waals surface area contributed by atoms with Gasteiger partial charge >= 0.3 is 0 Å². The maximum atomic E-state index is 5.68. The lowest BCUT2D eigenvalue weighted by molar-refractivity contribution is 0.110. The number of anilines is 1. The first-order chi connectivity index (χ1) is 9.10. The van der Waals surface area contributed by atoms with E-state index in [1.807, 2.05) is 7.05 Å². The summed E-state index contributed by atoms with van der Waals surface area (Å²) in [5.41, 5.74) is 1.16. The van der Waals surface area contributed by atoms with Crippen LogP contribution < -0.4 is 5.32 Å². The van der Waals surface area contributed by atoms with Gasteiger partial charge in [0.05, 0.1) is 15.4 Å². The summed E-state index contributed by atoms with van der Waals surface area (Å²) in [6, 6.07) is 0. The Balaban J connectivity index is 2.22. The van der Waals surface area contributed by atoms with Crippen molar-refractivity contribution in [3.63, 3.8) is 0 Å². The first-order valence-electron chi connectivity index (χ1n) is 6.94. The number of nitrogens with zero attached hydrogens (tertiary/aromatic N) is 2. The molecule has 19 heavy (non-hydrogen) atoms. The van der Waals surface area contributed by atoms with Crippen LogP contribution >= 0.6 is 22.6 Å². The fraction of sp³-hybridized carbons (Fsp3) is 0.714. The molecule has 1 aliphatic rings. The van der Waals surface area contributed by atoms with Crippen LogP contribution in [-0.2, 0) is 17.6 Å². The zero-order valence-electron chi connectivity index (χ0n) is 11.9. The third-order valence-corrected chi connectivity index (χ3v) is 4.37. The van der Waals surface area contributed by atoms with Crippen LogP contribution in [0.5, 0.6) is 0 Å². The van der Waals surface area contributed by atoms with Crippen molar-refractivity contribution < 1.29 is 4.74 Å². The first kappa shape index (κ1) is 15.0. The zero-order valence-corrected chi connectivity index (χ0v) is 14.0. The number of halogens is 1. The van der Waals surface area contributed by atoms with Crippen LogP contribution in [0.15, 0.2) is 0 Å². The summed E-state index contributed by atoms with van der Waals surface area (Å²) < 4.78 is 6.82. The molecule has 0 aromatic carbocycles. The minimum atomic E-state index is 0.302. The van der Waals surface area contributed by atoms with Crippen molar-refractivity contribution in [3.05, 3.63) is 15.1 Å². The molecule has 0 aliphatic carbocycles. The van der Waals surface area contributed by atoms with Gasteiger partial charge in [-0.25, -0.2) is 9.97 Å². The quantitative estimate of drug-likeness (QED) is 0.804. The van der Waals surface area contributed by atoms with Crippen molar-refractivity contribution in [1.82, 2.24) is 9.97 Å². The molecule has 4 nitrogen and oxygen atoms in total. The van der Waals surface area contributed by atoms with E-state index in [-0.39, 0.29) is 0 Å². The second-order valence-electron chi connectivity index (χ2n) is 5.44. The topological polar surface area (TPSA) is 47.0 Å². The molecule has 0 radical (unpaired) electrons. The first-order valence-corrected chi connectivity index (χ1v) is 8.02. The van der Waals surface area contributed by atoms with Crippen molar-refractivity contribution in [2.75, 3.05) is 19.0 Å². The Hall–Kier alpha value is -0.430. The Labute approximate surface area is 128 Å². The third kappa shape index (κ3) is 4.02. The maximum absolute atomic E-state index is 5.68. The Bertz CT molecular complexity index is 431. The van der Waals surface area contributed by atoms with Crippen LogP contribution in [0.4, 0.5) is 5.82 Å². The van der Waals surface area contributed by atoms with Gasteiger partial charge in [0.25, 0.3) is 0 Å². The van der Waals surface area contributed by atoms with Gasteiger partial charge in [-0.05, 0) is 47.8 Å². The summed E-state index contributed by atoms with van der Waals surface area (Å²) in [6.07, 6.45) is 4.41. The lowest BCUT2D eigenvalue weighted by Gasteiger charge is -2.14. The molecular weight excluding hydrogens is 353 g/mol. The number of aromatic nitrogens is 2. The summed E-state index contributed by atoms with van der Waals surface area (Å²) in [5.74, 6) is 2.45. The Morgan fingerprint density at radius 1 is 1.42 bits per heavy atom. The molecule has 2 heterocycles. The average Bonchev–Trinajstić information content (AvgIpc) is 2.85. The van der Waals surface area contributed by atoms with E-state index in [9.17, 15) is 0 Å². The van der Waals surface area contributed by atoms with Gasteiger partial charge in [-0.3, -0.25) is 0 Å². The van der Waals surface area contributed by atoms with Gasteiger partial charge in [0.15, 0.2) is 0 Å². The van der Waals surface area contributed by atoms with Gasteiger partial charge in [0.1, 0.15) is 11.6 Å². The monoisotopic (exact) mass is 375 g/mol. The van der Waals surface area contributed by atoms with E-state index in [1.54, 1.807) is 0 Å². The van der Waals surface area contributed by atoms with E-state index in [0.717, 1.165) is 53.2 Å². The summed E-state index contributed by atoms with van der Waals surface area (Å²) in [6.45, 7) is 5.32. The second kappa shape index (κ2) is 6.83. The molecule has 1 atom stereocenters. The normalized spacial score (nSPS) is 19.1. The number of nitrogens with one attached hydrogen (secondary N) is 1. The van der Waals surface area contributed by atoms with Crippen molar-refractivity contribution in [2.24, 2.45) is 5.92 Å². The number of hydrogen-bond acceptors (Lipinski definition) is 4. The van der Waals surface area contributed by atoms with Gasteiger partial charge in [-0.2, -0.15) is 0 Å². The molecule has 1 aromatic heterocycles. The molecule has 0 saturated carbocycles. The molecule has 0 spiro atoms. The minimum Gasteiger partial charge on any atom is -0.378 e. The summed E-state index contributed by atoms with van der Waals surface area (Å²) in [5, 5.41) is 3.17. The lowest BCUT2D eigenvalue weighted by Crippen LogP contribution is -2.15. The summed E-state index contributed by atoms with van der Waals surface area (Å²) in [4.78, 5) is 9.36. The van der Waals surface area contributed by atoms with Crippen molar-refractivity contribution in [1.29, 1.82) is 0 Å². The molecule has 1 aliphatic heterocycles. The largest absolute Gasteiger partial charge is 0.378 e. The zero-order chi connectivity index (χ0) is 13.8. The highest BCUT2D eigenvalue weighted by atomic mass is 127. The Morgan fingerprint density at radius 3 is 2.79 bits per heavy atom. The van der Waals surface area contributed by atoms with Crippen LogP contribution in [0, 0.1) is 9.49 Å². The van der Waals surface area contributed by atoms with Gasteiger partial charge in [-0.15, -0.1) is 0 Å². The van der Waals surface area contributed by atoms with Crippen molar-refractivity contribution >= 4 is 28.4 Å². The number of hydrogen-bond donors (Lipinski definition) is 1. The maximum Gasteiger partial charge on any atom is 0.143 e. The highest BCUT2D eigenvalue weighted by Gasteiger charge is 2.19. The Kier molecular flexibility index (Phi) is 5.38. The van der Waals surface area contributed by atoms with Crippen molar-refractivity contribution in [3.8, 4) is 0 Å². The fourth-order valence-electron chi connectivity index (χ4n) is 2.33. The van der Waals surface area contributed by atoms with Crippen molar-refractivity contribution in [2.45, 2.75) is 45.6 Å². The molecular formula is C14H22IN3O. The summed E-state index contributed by atoms with van der Waals surface area (Å²) >= 11 is 2.34. The van der Waals surface area contributed by atoms with Gasteiger partial charge in [0, 0.05) is 20.1 Å². The molecule has 0 amide bonds. The molecule has 2 rings (SSSR count). The Morgan fingerprint density at radius 2 is 2.21 bits per heavy atom. The SMILES string of the molecule is CNc1nc(CC2CCCO2)nc(CC(C)C)c1I. The molecule has 1 saturated heterocycles. The highest BCUT2D eigenvalue weighted by molar-refractivity contribution is 14.1. The molecule has 1 unspecified atom stereocenters. The van der Waals surface area contributed by atoms with E-state index < -0.39 is 0 Å². The van der Waals surface area contributed by atoms with Crippen LogP contribution in [0.1, 0.15) is 38.2 Å². The molecule has 106 valence electrons. The van der Waals surface area contributed by atoms with Crippen LogP contribution in [0.3, 0.4) is 0 Å². The van der Waals surface area contributed by atoms with Crippen LogP contribution in [-0.4, -0.2) is 29.7 Å². The van der Waals surface area contributed by atoms with E-state index in [0.29, 0.717) is 12.0 Å². The molecule has 1 N–H and O–H groups in total. The number of ether oxygens (including phenoxy) is 1. The number of rotatable bonds is 5. The average molecular weight is 375 g/mol. The van der Waals surface area contributed by atoms with Gasteiger partial charge in [0.2, 0.25) is 0 Å². The minimum absolute atomic E-state index is 0.302. The predicted molar refractivity (Wildman–Crippen MR) is 85.5 cm³/mol. The van der Waals surface area contributed by atoms with Crippen LogP contribution in [0.25, 0.3) is 0 Å². The van der Waals surface area contributed by atoms with E-state index in [4.69, 9.17) is 9.72 Å². The van der Waals surface area contributed by atoms with Crippen LogP contribution in [0.2, 0.25) is 0 Å². The van der Waals surface area contributed by atoms with E-state index in [2.05, 4.69) is 46.7 Å². The fourth-order valence-corrected chi connectivity index (χ4v) is 3.06. The smallest absolute Gasteiger partial charge is 0.143 e. The molecule has 0 bridgehead atoms. The third-order valence-electron chi connectivity index (χ3n) is 3.24. The molecule has 1 aromatic rings. The lowest BCUT2D eigenvalue weighted by atomic mass is 10.1. The standard InChI is InChI=1S/C14H22IN3O/c1-9(2)7-11-13(15)14(16-3)18-12(17-11)8-10-5-4-6-19-10/h9-10H,4-8H2,1-3H3,(H,16,17,18). The highest BCUT2D eigenvalue weighted by Crippen LogP contribution is 2.23. The van der Waals surface area contributed by atoms with Gasteiger partial charge in [-0.1, -0.05) is 13.8 Å².